The van der Waals surface area contributed by atoms with Crippen molar-refractivity contribution in [3.05, 3.63) is 41.9 Å². The fourth-order valence-corrected chi connectivity index (χ4v) is 3.25. The molecule has 0 unspecified atom stereocenters. The minimum Gasteiger partial charge on any atom is -0.355 e. The Labute approximate surface area is 137 Å². The summed E-state index contributed by atoms with van der Waals surface area (Å²) in [6.07, 6.45) is 1.31. The van der Waals surface area contributed by atoms with Crippen LogP contribution in [0.2, 0.25) is 0 Å². The Kier molecular flexibility index (Phi) is 4.04. The number of carbonyl (C=O) groups is 2. The van der Waals surface area contributed by atoms with Crippen LogP contribution in [0, 0.1) is 5.41 Å². The zero-order chi connectivity index (χ0) is 16.4. The first-order valence-electron chi connectivity index (χ1n) is 7.21. The molecule has 0 spiro atoms. The minimum atomic E-state index is -0.272. The van der Waals surface area contributed by atoms with Crippen molar-refractivity contribution < 1.29 is 14.1 Å². The number of carbonyl (C=O) groups excluding carboxylic acids is 2. The molecule has 6 nitrogen and oxygen atoms in total. The monoisotopic (exact) mass is 331 g/mol. The van der Waals surface area contributed by atoms with Crippen LogP contribution in [0.5, 0.6) is 0 Å². The van der Waals surface area contributed by atoms with Crippen molar-refractivity contribution in [3.63, 3.8) is 0 Å². The first-order chi connectivity index (χ1) is 11.0. The van der Waals surface area contributed by atoms with Gasteiger partial charge in [-0.2, -0.15) is 0 Å². The van der Waals surface area contributed by atoms with E-state index in [9.17, 15) is 9.59 Å². The molecule has 1 fully saturated rings. The van der Waals surface area contributed by atoms with Crippen LogP contribution < -0.4 is 5.32 Å². The van der Waals surface area contributed by atoms with Crippen LogP contribution in [0.4, 0.5) is 0 Å². The van der Waals surface area contributed by atoms with Gasteiger partial charge in [-0.1, -0.05) is 24.7 Å². The average Bonchev–Trinajstić information content (AvgIpc) is 3.19. The molecule has 120 valence electrons. The van der Waals surface area contributed by atoms with Crippen molar-refractivity contribution in [1.82, 2.24) is 15.4 Å². The molecule has 0 aromatic carbocycles. The average molecular weight is 331 g/mol. The largest absolute Gasteiger partial charge is 0.355 e. The van der Waals surface area contributed by atoms with Crippen LogP contribution in [0.25, 0.3) is 10.6 Å². The van der Waals surface area contributed by atoms with Gasteiger partial charge in [-0.3, -0.25) is 9.59 Å². The number of aromatic nitrogens is 1. The molecule has 2 aromatic heterocycles. The quantitative estimate of drug-likeness (QED) is 0.852. The van der Waals surface area contributed by atoms with Gasteiger partial charge in [0.15, 0.2) is 11.5 Å². The molecule has 23 heavy (non-hydrogen) atoms. The zero-order valence-electron chi connectivity index (χ0n) is 12.7. The molecule has 0 aliphatic carbocycles. The van der Waals surface area contributed by atoms with Gasteiger partial charge in [0.2, 0.25) is 5.91 Å². The molecule has 3 rings (SSSR count). The van der Waals surface area contributed by atoms with E-state index in [1.165, 1.54) is 17.4 Å². The molecular weight excluding hydrogens is 314 g/mol. The lowest BCUT2D eigenvalue weighted by Crippen LogP contribution is -2.60. The van der Waals surface area contributed by atoms with E-state index in [1.54, 1.807) is 11.0 Å². The van der Waals surface area contributed by atoms with Crippen LogP contribution in [0.3, 0.4) is 0 Å². The van der Waals surface area contributed by atoms with Crippen LogP contribution in [0.1, 0.15) is 17.4 Å². The normalized spacial score (nSPS) is 15.8. The predicted molar refractivity (Wildman–Crippen MR) is 87.0 cm³/mol. The number of nitrogens with one attached hydrogen (secondary N) is 1. The number of nitrogens with zero attached hydrogens (tertiary/aromatic N) is 2. The molecule has 7 heteroatoms. The van der Waals surface area contributed by atoms with Gasteiger partial charge in [-0.25, -0.2) is 0 Å². The molecule has 0 atom stereocenters. The number of hydrogen-bond donors (Lipinski definition) is 1. The van der Waals surface area contributed by atoms with Gasteiger partial charge in [0.25, 0.3) is 5.91 Å². The molecule has 2 amide bonds. The van der Waals surface area contributed by atoms with Crippen molar-refractivity contribution in [2.24, 2.45) is 5.41 Å². The highest BCUT2D eigenvalue weighted by atomic mass is 32.1. The van der Waals surface area contributed by atoms with E-state index in [0.29, 0.717) is 25.4 Å². The van der Waals surface area contributed by atoms with Gasteiger partial charge in [-0.05, 0) is 17.5 Å². The van der Waals surface area contributed by atoms with Crippen molar-refractivity contribution in [2.75, 3.05) is 19.6 Å². The Bertz CT molecular complexity index is 730. The van der Waals surface area contributed by atoms with Crippen LogP contribution in [0.15, 0.2) is 40.8 Å². The second-order valence-electron chi connectivity index (χ2n) is 5.95. The molecule has 1 aliphatic heterocycles. The van der Waals surface area contributed by atoms with E-state index in [4.69, 9.17) is 4.52 Å². The number of amides is 2. The van der Waals surface area contributed by atoms with Crippen molar-refractivity contribution in [3.8, 4) is 10.6 Å². The maximum absolute atomic E-state index is 12.2. The summed E-state index contributed by atoms with van der Waals surface area (Å²) in [5.74, 6) is 0.236. The Morgan fingerprint density at radius 3 is 3.00 bits per heavy atom. The molecule has 1 N–H and O–H groups in total. The fraction of sp³-hybridized carbons (Fsp3) is 0.312. The SMILES string of the molecule is C=CC(=O)N1CC(C)(CNC(=O)c2cc(-c3cccs3)on2)C1. The Morgan fingerprint density at radius 1 is 1.57 bits per heavy atom. The Balaban J connectivity index is 1.54. The summed E-state index contributed by atoms with van der Waals surface area (Å²) >= 11 is 1.53. The van der Waals surface area contributed by atoms with E-state index >= 15 is 0 Å². The van der Waals surface area contributed by atoms with Gasteiger partial charge >= 0.3 is 0 Å². The smallest absolute Gasteiger partial charge is 0.273 e. The fourth-order valence-electron chi connectivity index (χ4n) is 2.57. The Morgan fingerprint density at radius 2 is 2.35 bits per heavy atom. The maximum Gasteiger partial charge on any atom is 0.273 e. The first-order valence-corrected chi connectivity index (χ1v) is 8.09. The third-order valence-electron chi connectivity index (χ3n) is 3.81. The molecule has 1 aliphatic rings. The summed E-state index contributed by atoms with van der Waals surface area (Å²) in [5.41, 5.74) is 0.143. The van der Waals surface area contributed by atoms with Crippen LogP contribution in [-0.4, -0.2) is 41.5 Å². The van der Waals surface area contributed by atoms with E-state index < -0.39 is 0 Å². The van der Waals surface area contributed by atoms with E-state index in [1.807, 2.05) is 24.4 Å². The van der Waals surface area contributed by atoms with Gasteiger partial charge in [0, 0.05) is 31.1 Å². The molecule has 0 radical (unpaired) electrons. The number of hydrogen-bond acceptors (Lipinski definition) is 5. The number of rotatable bonds is 5. The summed E-state index contributed by atoms with van der Waals surface area (Å²) in [5, 5.41) is 8.61. The van der Waals surface area contributed by atoms with E-state index in [0.717, 1.165) is 4.88 Å². The van der Waals surface area contributed by atoms with E-state index in [2.05, 4.69) is 17.1 Å². The molecule has 1 saturated heterocycles. The van der Waals surface area contributed by atoms with Gasteiger partial charge < -0.3 is 14.7 Å². The highest BCUT2D eigenvalue weighted by Gasteiger charge is 2.40. The molecule has 0 saturated carbocycles. The number of likely N-dealkylation sites (tertiary alicyclic amines) is 1. The highest BCUT2D eigenvalue weighted by Crippen LogP contribution is 2.29. The molecule has 2 aromatic rings. The summed E-state index contributed by atoms with van der Waals surface area (Å²) in [6, 6.07) is 5.46. The first kappa shape index (κ1) is 15.5. The molecular formula is C16H17N3O3S. The second kappa shape index (κ2) is 6.00. The highest BCUT2D eigenvalue weighted by molar-refractivity contribution is 7.13. The third-order valence-corrected chi connectivity index (χ3v) is 4.70. The summed E-state index contributed by atoms with van der Waals surface area (Å²) in [7, 11) is 0. The summed E-state index contributed by atoms with van der Waals surface area (Å²) in [6.45, 7) is 7.19. The molecule has 0 bridgehead atoms. The summed E-state index contributed by atoms with van der Waals surface area (Å²) < 4.78 is 5.20. The standard InChI is InChI=1S/C16H17N3O3S/c1-3-14(20)19-9-16(2,10-19)8-17-15(21)11-7-12(22-18-11)13-5-4-6-23-13/h3-7H,1,8-10H2,2H3,(H,17,21). The van der Waals surface area contributed by atoms with Crippen LogP contribution in [-0.2, 0) is 4.79 Å². The Hall–Kier alpha value is -2.41. The third kappa shape index (κ3) is 3.19. The minimum absolute atomic E-state index is 0.0779. The topological polar surface area (TPSA) is 75.4 Å². The lowest BCUT2D eigenvalue weighted by Gasteiger charge is -2.47. The van der Waals surface area contributed by atoms with Crippen molar-refractivity contribution >= 4 is 23.2 Å². The lowest BCUT2D eigenvalue weighted by atomic mass is 9.81. The van der Waals surface area contributed by atoms with Crippen LogP contribution >= 0.6 is 11.3 Å². The maximum atomic E-state index is 12.2. The lowest BCUT2D eigenvalue weighted by molar-refractivity contribution is -0.136. The van der Waals surface area contributed by atoms with Crippen molar-refractivity contribution in [2.45, 2.75) is 6.92 Å². The van der Waals surface area contributed by atoms with Gasteiger partial charge in [0.1, 0.15) is 0 Å². The van der Waals surface area contributed by atoms with E-state index in [-0.39, 0.29) is 22.9 Å². The summed E-state index contributed by atoms with van der Waals surface area (Å²) in [4.78, 5) is 26.2. The molecule has 3 heterocycles. The predicted octanol–water partition coefficient (Wildman–Crippen LogP) is 2.17. The number of thiophene rings is 1. The second-order valence-corrected chi connectivity index (χ2v) is 6.89. The van der Waals surface area contributed by atoms with Gasteiger partial charge in [-0.15, -0.1) is 11.3 Å². The zero-order valence-corrected chi connectivity index (χ0v) is 13.6. The van der Waals surface area contributed by atoms with Crippen molar-refractivity contribution in [1.29, 1.82) is 0 Å². The van der Waals surface area contributed by atoms with Gasteiger partial charge in [0.05, 0.1) is 4.88 Å².